The summed E-state index contributed by atoms with van der Waals surface area (Å²) in [6.45, 7) is 9.46. The molecule has 2 aliphatic rings. The number of hydrogen-bond acceptors (Lipinski definition) is 0. The number of allylic oxidation sites excluding steroid dienone is 4. The van der Waals surface area contributed by atoms with Crippen LogP contribution in [0.25, 0.3) is 0 Å². The van der Waals surface area contributed by atoms with Crippen molar-refractivity contribution < 1.29 is 0 Å². The van der Waals surface area contributed by atoms with Crippen molar-refractivity contribution in [1.29, 1.82) is 0 Å². The van der Waals surface area contributed by atoms with Gasteiger partial charge in [0, 0.05) is 5.92 Å². The van der Waals surface area contributed by atoms with Crippen LogP contribution < -0.4 is 0 Å². The maximum absolute atomic E-state index is 2.55. The van der Waals surface area contributed by atoms with Crippen molar-refractivity contribution in [3.8, 4) is 0 Å². The van der Waals surface area contributed by atoms with Crippen molar-refractivity contribution in [3.05, 3.63) is 23.3 Å². The maximum atomic E-state index is 2.55. The molecule has 0 aromatic heterocycles. The second kappa shape index (κ2) is 4.15. The van der Waals surface area contributed by atoms with E-state index in [1.54, 1.807) is 11.1 Å². The predicted molar refractivity (Wildman–Crippen MR) is 66.7 cm³/mol. The Morgan fingerprint density at radius 1 is 1.27 bits per heavy atom. The first-order valence-electron chi connectivity index (χ1n) is 6.47. The van der Waals surface area contributed by atoms with Gasteiger partial charge in [0.15, 0.2) is 0 Å². The summed E-state index contributed by atoms with van der Waals surface area (Å²) < 4.78 is 0. The second-order valence-electron chi connectivity index (χ2n) is 5.83. The topological polar surface area (TPSA) is 0 Å². The third-order valence-electron chi connectivity index (χ3n) is 4.33. The van der Waals surface area contributed by atoms with Crippen molar-refractivity contribution in [3.63, 3.8) is 0 Å². The molecule has 0 N–H and O–H groups in total. The van der Waals surface area contributed by atoms with Gasteiger partial charge < -0.3 is 0 Å². The molecule has 0 aromatic rings. The van der Waals surface area contributed by atoms with Crippen LogP contribution in [-0.2, 0) is 0 Å². The first-order chi connectivity index (χ1) is 7.09. The monoisotopic (exact) mass is 204 g/mol. The Morgan fingerprint density at radius 2 is 2.00 bits per heavy atom. The van der Waals surface area contributed by atoms with Crippen molar-refractivity contribution in [2.75, 3.05) is 0 Å². The Labute approximate surface area is 94.5 Å². The highest BCUT2D eigenvalue weighted by molar-refractivity contribution is 5.28. The molecule has 84 valence electrons. The highest BCUT2D eigenvalue weighted by atomic mass is 14.4. The van der Waals surface area contributed by atoms with Crippen LogP contribution in [0.4, 0.5) is 0 Å². The highest BCUT2D eigenvalue weighted by Gasteiger charge is 2.34. The van der Waals surface area contributed by atoms with Gasteiger partial charge in [-0.2, -0.15) is 0 Å². The molecule has 0 heterocycles. The summed E-state index contributed by atoms with van der Waals surface area (Å²) in [6.07, 6.45) is 9.08. The second-order valence-corrected chi connectivity index (χ2v) is 5.83. The van der Waals surface area contributed by atoms with Gasteiger partial charge in [0.2, 0.25) is 0 Å². The predicted octanol–water partition coefficient (Wildman–Crippen LogP) is 4.58. The van der Waals surface area contributed by atoms with E-state index in [2.05, 4.69) is 39.8 Å². The number of hydrogen-bond donors (Lipinski definition) is 0. The summed E-state index contributed by atoms with van der Waals surface area (Å²) in [5.41, 5.74) is 3.31. The molecule has 3 atom stereocenters. The van der Waals surface area contributed by atoms with Crippen molar-refractivity contribution in [2.45, 2.75) is 47.0 Å². The molecule has 1 fully saturated rings. The van der Waals surface area contributed by atoms with Gasteiger partial charge in [0.25, 0.3) is 0 Å². The molecule has 0 amide bonds. The van der Waals surface area contributed by atoms with Gasteiger partial charge in [0.1, 0.15) is 0 Å². The third-order valence-corrected chi connectivity index (χ3v) is 4.33. The minimum Gasteiger partial charge on any atom is -0.0804 e. The summed E-state index contributed by atoms with van der Waals surface area (Å²) in [6, 6.07) is 0. The summed E-state index contributed by atoms with van der Waals surface area (Å²) in [7, 11) is 0. The molecule has 15 heavy (non-hydrogen) atoms. The third kappa shape index (κ3) is 2.04. The first kappa shape index (κ1) is 11.0. The van der Waals surface area contributed by atoms with E-state index in [0.29, 0.717) is 0 Å². The largest absolute Gasteiger partial charge is 0.0804 e. The zero-order valence-electron chi connectivity index (χ0n) is 10.6. The molecule has 0 radical (unpaired) electrons. The molecule has 2 rings (SSSR count). The quantitative estimate of drug-likeness (QED) is 0.548. The van der Waals surface area contributed by atoms with E-state index in [9.17, 15) is 0 Å². The summed E-state index contributed by atoms with van der Waals surface area (Å²) in [5, 5.41) is 0. The van der Waals surface area contributed by atoms with E-state index in [-0.39, 0.29) is 0 Å². The zero-order chi connectivity index (χ0) is 11.0. The van der Waals surface area contributed by atoms with Crippen molar-refractivity contribution in [1.82, 2.24) is 0 Å². The normalized spacial score (nSPS) is 35.9. The molecule has 0 aromatic carbocycles. The molecule has 1 saturated carbocycles. The molecule has 0 bridgehead atoms. The minimum absolute atomic E-state index is 0.766. The maximum Gasteiger partial charge on any atom is 0.00129 e. The SMILES string of the molecule is CC1=C[C@@H]2C(=CC1)[C@@H](C)CC[C@H]2C(C)C. The fourth-order valence-electron chi connectivity index (χ4n) is 3.32. The van der Waals surface area contributed by atoms with E-state index >= 15 is 0 Å². The molecule has 0 nitrogen and oxygen atoms in total. The van der Waals surface area contributed by atoms with E-state index in [1.807, 2.05) is 0 Å². The minimum atomic E-state index is 0.766. The summed E-state index contributed by atoms with van der Waals surface area (Å²) in [4.78, 5) is 0. The summed E-state index contributed by atoms with van der Waals surface area (Å²) >= 11 is 0. The zero-order valence-corrected chi connectivity index (χ0v) is 10.6. The van der Waals surface area contributed by atoms with Crippen LogP contribution >= 0.6 is 0 Å². The van der Waals surface area contributed by atoms with Gasteiger partial charge in [-0.25, -0.2) is 0 Å². The van der Waals surface area contributed by atoms with Gasteiger partial charge in [-0.3, -0.25) is 0 Å². The van der Waals surface area contributed by atoms with Gasteiger partial charge in [0.05, 0.1) is 0 Å². The van der Waals surface area contributed by atoms with Crippen LogP contribution in [0.2, 0.25) is 0 Å². The lowest BCUT2D eigenvalue weighted by atomic mass is 9.65. The lowest BCUT2D eigenvalue weighted by molar-refractivity contribution is 0.234. The molecule has 2 aliphatic carbocycles. The number of rotatable bonds is 1. The van der Waals surface area contributed by atoms with Crippen LogP contribution in [0, 0.1) is 23.7 Å². The van der Waals surface area contributed by atoms with Gasteiger partial charge in [-0.1, -0.05) is 44.1 Å². The first-order valence-corrected chi connectivity index (χ1v) is 6.47. The van der Waals surface area contributed by atoms with Crippen LogP contribution in [0.3, 0.4) is 0 Å². The molecule has 0 saturated heterocycles. The van der Waals surface area contributed by atoms with E-state index in [1.165, 1.54) is 19.3 Å². The average Bonchev–Trinajstić information content (AvgIpc) is 2.17. The lowest BCUT2D eigenvalue weighted by Crippen LogP contribution is -2.30. The Bertz CT molecular complexity index is 293. The van der Waals surface area contributed by atoms with E-state index in [4.69, 9.17) is 0 Å². The highest BCUT2D eigenvalue weighted by Crippen LogP contribution is 2.45. The van der Waals surface area contributed by atoms with Crippen molar-refractivity contribution in [2.24, 2.45) is 23.7 Å². The van der Waals surface area contributed by atoms with Crippen LogP contribution in [0.15, 0.2) is 23.3 Å². The average molecular weight is 204 g/mol. The van der Waals surface area contributed by atoms with E-state index < -0.39 is 0 Å². The standard InChI is InChI=1S/C15H24/c1-10(2)13-8-6-12(4)14-7-5-11(3)9-15(13)14/h7,9-10,12-13,15H,5-6,8H2,1-4H3/t12-,13-,15-/m0/s1. The fraction of sp³-hybridized carbons (Fsp3) is 0.733. The van der Waals surface area contributed by atoms with Gasteiger partial charge in [-0.05, 0) is 43.9 Å². The Balaban J connectivity index is 2.26. The van der Waals surface area contributed by atoms with E-state index in [0.717, 1.165) is 23.7 Å². The molecule has 0 aliphatic heterocycles. The molecule has 0 spiro atoms. The molecular formula is C15H24. The fourth-order valence-corrected chi connectivity index (χ4v) is 3.32. The molecule has 0 unspecified atom stereocenters. The lowest BCUT2D eigenvalue weighted by Gasteiger charge is -2.40. The Kier molecular flexibility index (Phi) is 3.04. The van der Waals surface area contributed by atoms with Crippen LogP contribution in [0.1, 0.15) is 47.0 Å². The Hall–Kier alpha value is -0.520. The number of fused-ring (bicyclic) bond motifs is 1. The van der Waals surface area contributed by atoms with Crippen LogP contribution in [0.5, 0.6) is 0 Å². The summed E-state index contributed by atoms with van der Waals surface area (Å²) in [5.74, 6) is 3.31. The molecular weight excluding hydrogens is 180 g/mol. The van der Waals surface area contributed by atoms with Crippen LogP contribution in [-0.4, -0.2) is 0 Å². The van der Waals surface area contributed by atoms with Gasteiger partial charge in [-0.15, -0.1) is 0 Å². The van der Waals surface area contributed by atoms with Gasteiger partial charge >= 0.3 is 0 Å². The Morgan fingerprint density at radius 3 is 2.67 bits per heavy atom. The van der Waals surface area contributed by atoms with Crippen molar-refractivity contribution >= 4 is 0 Å². The smallest absolute Gasteiger partial charge is 0.00129 e. The molecule has 0 heteroatoms.